The summed E-state index contributed by atoms with van der Waals surface area (Å²) < 4.78 is 0. The maximum Gasteiger partial charge on any atom is 0.173 e. The van der Waals surface area contributed by atoms with E-state index in [1.807, 2.05) is 18.2 Å². The predicted octanol–water partition coefficient (Wildman–Crippen LogP) is 3.39. The quantitative estimate of drug-likeness (QED) is 0.852. The van der Waals surface area contributed by atoms with Gasteiger partial charge in [0.2, 0.25) is 0 Å². The second-order valence-electron chi connectivity index (χ2n) is 5.88. The average molecular weight is 336 g/mol. The Morgan fingerprint density at radius 1 is 1.08 bits per heavy atom. The van der Waals surface area contributed by atoms with Crippen LogP contribution in [0.5, 0.6) is 0 Å². The van der Waals surface area contributed by atoms with Crippen LogP contribution in [0.25, 0.3) is 0 Å². The summed E-state index contributed by atoms with van der Waals surface area (Å²) in [5.41, 5.74) is 4.10. The minimum absolute atomic E-state index is 0.632. The fourth-order valence-electron chi connectivity index (χ4n) is 2.94. The van der Waals surface area contributed by atoms with Crippen molar-refractivity contribution in [3.05, 3.63) is 59.7 Å². The third-order valence-electron chi connectivity index (χ3n) is 4.27. The van der Waals surface area contributed by atoms with Crippen LogP contribution in [-0.4, -0.2) is 36.2 Å². The van der Waals surface area contributed by atoms with E-state index in [0.29, 0.717) is 5.56 Å². The van der Waals surface area contributed by atoms with Crippen LogP contribution in [0, 0.1) is 18.3 Å². The molecule has 0 amide bonds. The highest BCUT2D eigenvalue weighted by atomic mass is 32.1. The molecule has 1 fully saturated rings. The van der Waals surface area contributed by atoms with E-state index in [4.69, 9.17) is 17.5 Å². The van der Waals surface area contributed by atoms with Gasteiger partial charge < -0.3 is 15.1 Å². The van der Waals surface area contributed by atoms with Gasteiger partial charge in [0.15, 0.2) is 5.11 Å². The van der Waals surface area contributed by atoms with Crippen LogP contribution in [0.1, 0.15) is 11.1 Å². The first-order chi connectivity index (χ1) is 11.7. The summed E-state index contributed by atoms with van der Waals surface area (Å²) in [6.45, 7) is 5.82. The molecule has 0 aliphatic carbocycles. The number of hydrogen-bond acceptors (Lipinski definition) is 3. The number of piperazine rings is 1. The second-order valence-corrected chi connectivity index (χ2v) is 6.27. The predicted molar refractivity (Wildman–Crippen MR) is 102 cm³/mol. The number of nitrogens with one attached hydrogen (secondary N) is 1. The van der Waals surface area contributed by atoms with Gasteiger partial charge in [0.25, 0.3) is 0 Å². The molecule has 2 aromatic carbocycles. The van der Waals surface area contributed by atoms with Crippen molar-refractivity contribution in [2.24, 2.45) is 0 Å². The molecule has 0 unspecified atom stereocenters. The maximum atomic E-state index is 8.98. The fourth-order valence-corrected chi connectivity index (χ4v) is 3.24. The standard InChI is InChI=1S/C19H20N4S/c1-15-5-2-3-8-18(15)22-9-11-23(12-10-22)19(24)21-17-7-4-6-16(13-17)14-20/h2-8,13H,9-12H2,1H3,(H,21,24). The molecule has 3 rings (SSSR count). The Bertz CT molecular complexity index is 773. The molecule has 1 aliphatic heterocycles. The molecule has 0 bridgehead atoms. The first-order valence-corrected chi connectivity index (χ1v) is 8.45. The van der Waals surface area contributed by atoms with Crippen molar-refractivity contribution >= 4 is 28.7 Å². The summed E-state index contributed by atoms with van der Waals surface area (Å²) in [7, 11) is 0. The molecule has 1 aliphatic rings. The summed E-state index contributed by atoms with van der Waals surface area (Å²) in [6.07, 6.45) is 0. The van der Waals surface area contributed by atoms with Gasteiger partial charge in [0.1, 0.15) is 0 Å². The molecule has 4 nitrogen and oxygen atoms in total. The first kappa shape index (κ1) is 16.3. The molecule has 2 aromatic rings. The Morgan fingerprint density at radius 2 is 1.83 bits per heavy atom. The summed E-state index contributed by atoms with van der Waals surface area (Å²) in [6, 6.07) is 18.0. The van der Waals surface area contributed by atoms with Gasteiger partial charge in [-0.15, -0.1) is 0 Å². The molecule has 0 aromatic heterocycles. The second kappa shape index (κ2) is 7.33. The number of anilines is 2. The number of nitriles is 1. The van der Waals surface area contributed by atoms with Crippen molar-refractivity contribution in [1.29, 1.82) is 5.26 Å². The number of para-hydroxylation sites is 1. The van der Waals surface area contributed by atoms with E-state index in [9.17, 15) is 0 Å². The lowest BCUT2D eigenvalue weighted by atomic mass is 10.1. The molecule has 0 spiro atoms. The van der Waals surface area contributed by atoms with E-state index in [2.05, 4.69) is 52.4 Å². The summed E-state index contributed by atoms with van der Waals surface area (Å²) in [5, 5.41) is 12.9. The zero-order chi connectivity index (χ0) is 16.9. The van der Waals surface area contributed by atoms with E-state index in [1.54, 1.807) is 6.07 Å². The Morgan fingerprint density at radius 3 is 2.54 bits per heavy atom. The highest BCUT2D eigenvalue weighted by Crippen LogP contribution is 2.21. The summed E-state index contributed by atoms with van der Waals surface area (Å²) >= 11 is 5.53. The normalized spacial score (nSPS) is 14.2. The highest BCUT2D eigenvalue weighted by Gasteiger charge is 2.20. The van der Waals surface area contributed by atoms with E-state index < -0.39 is 0 Å². The Labute approximate surface area is 148 Å². The Balaban J connectivity index is 1.59. The van der Waals surface area contributed by atoms with Crippen molar-refractivity contribution in [2.75, 3.05) is 36.4 Å². The third-order valence-corrected chi connectivity index (χ3v) is 4.63. The first-order valence-electron chi connectivity index (χ1n) is 8.04. The van der Waals surface area contributed by atoms with Crippen LogP contribution >= 0.6 is 12.2 Å². The van der Waals surface area contributed by atoms with Gasteiger partial charge in [-0.2, -0.15) is 5.26 Å². The summed E-state index contributed by atoms with van der Waals surface area (Å²) in [5.74, 6) is 0. The molecule has 5 heteroatoms. The van der Waals surface area contributed by atoms with Crippen molar-refractivity contribution in [3.63, 3.8) is 0 Å². The van der Waals surface area contributed by atoms with Gasteiger partial charge in [-0.05, 0) is 49.0 Å². The van der Waals surface area contributed by atoms with Crippen LogP contribution in [0.2, 0.25) is 0 Å². The lowest BCUT2D eigenvalue weighted by molar-refractivity contribution is 0.390. The number of aryl methyl sites for hydroxylation is 1. The van der Waals surface area contributed by atoms with Gasteiger partial charge in [-0.3, -0.25) is 0 Å². The van der Waals surface area contributed by atoms with Gasteiger partial charge in [-0.25, -0.2) is 0 Å². The van der Waals surface area contributed by atoms with E-state index >= 15 is 0 Å². The average Bonchev–Trinajstić information content (AvgIpc) is 2.62. The zero-order valence-corrected chi connectivity index (χ0v) is 14.5. The monoisotopic (exact) mass is 336 g/mol. The van der Waals surface area contributed by atoms with Crippen LogP contribution < -0.4 is 10.2 Å². The number of rotatable bonds is 2. The summed E-state index contributed by atoms with van der Waals surface area (Å²) in [4.78, 5) is 4.59. The van der Waals surface area contributed by atoms with Gasteiger partial charge in [0.05, 0.1) is 11.6 Å². The topological polar surface area (TPSA) is 42.3 Å². The van der Waals surface area contributed by atoms with Crippen LogP contribution in [0.15, 0.2) is 48.5 Å². The molecule has 1 heterocycles. The van der Waals surface area contributed by atoms with Gasteiger partial charge in [-0.1, -0.05) is 24.3 Å². The zero-order valence-electron chi connectivity index (χ0n) is 13.7. The van der Waals surface area contributed by atoms with E-state index in [1.165, 1.54) is 11.3 Å². The molecule has 122 valence electrons. The van der Waals surface area contributed by atoms with Crippen molar-refractivity contribution in [3.8, 4) is 6.07 Å². The minimum Gasteiger partial charge on any atom is -0.368 e. The number of hydrogen-bond donors (Lipinski definition) is 1. The Kier molecular flexibility index (Phi) is 4.97. The SMILES string of the molecule is Cc1ccccc1N1CCN(C(=S)Nc2cccc(C#N)c2)CC1. The van der Waals surface area contributed by atoms with Crippen molar-refractivity contribution in [1.82, 2.24) is 4.90 Å². The number of thiocarbonyl (C=S) groups is 1. The number of benzene rings is 2. The molecule has 0 atom stereocenters. The molecular weight excluding hydrogens is 316 g/mol. The lowest BCUT2D eigenvalue weighted by Crippen LogP contribution is -2.50. The molecule has 1 N–H and O–H groups in total. The molecule has 1 saturated heterocycles. The molecule has 0 saturated carbocycles. The van der Waals surface area contributed by atoms with E-state index in [0.717, 1.165) is 37.0 Å². The minimum atomic E-state index is 0.632. The van der Waals surface area contributed by atoms with Crippen LogP contribution in [-0.2, 0) is 0 Å². The fraction of sp³-hybridized carbons (Fsp3) is 0.263. The van der Waals surface area contributed by atoms with Crippen LogP contribution in [0.4, 0.5) is 11.4 Å². The van der Waals surface area contributed by atoms with Gasteiger partial charge in [0, 0.05) is 37.6 Å². The van der Waals surface area contributed by atoms with Gasteiger partial charge >= 0.3 is 0 Å². The number of nitrogens with zero attached hydrogens (tertiary/aromatic N) is 3. The van der Waals surface area contributed by atoms with E-state index in [-0.39, 0.29) is 0 Å². The van der Waals surface area contributed by atoms with Crippen molar-refractivity contribution in [2.45, 2.75) is 6.92 Å². The smallest absolute Gasteiger partial charge is 0.173 e. The lowest BCUT2D eigenvalue weighted by Gasteiger charge is -2.38. The highest BCUT2D eigenvalue weighted by molar-refractivity contribution is 7.80. The van der Waals surface area contributed by atoms with Crippen molar-refractivity contribution < 1.29 is 0 Å². The van der Waals surface area contributed by atoms with Crippen LogP contribution in [0.3, 0.4) is 0 Å². The molecular formula is C19H20N4S. The Hall–Kier alpha value is -2.58. The maximum absolute atomic E-state index is 8.98. The molecule has 24 heavy (non-hydrogen) atoms. The third kappa shape index (κ3) is 3.66. The largest absolute Gasteiger partial charge is 0.368 e. The molecule has 0 radical (unpaired) electrons.